The van der Waals surface area contributed by atoms with Gasteiger partial charge in [-0.3, -0.25) is 10.1 Å². The van der Waals surface area contributed by atoms with Gasteiger partial charge in [0.1, 0.15) is 5.82 Å². The number of nitro benzene ring substituents is 1. The first-order chi connectivity index (χ1) is 9.59. The largest absolute Gasteiger partial charge is 0.382 e. The van der Waals surface area contributed by atoms with Crippen molar-refractivity contribution in [3.05, 3.63) is 69.5 Å². The highest BCUT2D eigenvalue weighted by Crippen LogP contribution is 2.21. The van der Waals surface area contributed by atoms with Crippen LogP contribution in [0.4, 0.5) is 15.8 Å². The molecule has 0 fully saturated rings. The van der Waals surface area contributed by atoms with Crippen LogP contribution in [0.3, 0.4) is 0 Å². The van der Waals surface area contributed by atoms with Crippen molar-refractivity contribution in [1.29, 1.82) is 0 Å². The Balaban J connectivity index is 2.05. The van der Waals surface area contributed by atoms with E-state index in [0.717, 1.165) is 5.56 Å². The van der Waals surface area contributed by atoms with Crippen LogP contribution in [-0.4, -0.2) is 11.5 Å². The fraction of sp³-hybridized carbons (Fsp3) is 0.200. The third-order valence-electron chi connectivity index (χ3n) is 3.11. The van der Waals surface area contributed by atoms with Gasteiger partial charge < -0.3 is 5.32 Å². The summed E-state index contributed by atoms with van der Waals surface area (Å²) in [7, 11) is 0. The van der Waals surface area contributed by atoms with Crippen LogP contribution in [0.5, 0.6) is 0 Å². The summed E-state index contributed by atoms with van der Waals surface area (Å²) in [5.74, 6) is -0.312. The number of nitrogens with one attached hydrogen (secondary N) is 1. The molecule has 2 aromatic rings. The summed E-state index contributed by atoms with van der Waals surface area (Å²) in [6.07, 6.45) is 0.463. The molecule has 20 heavy (non-hydrogen) atoms. The molecule has 5 heteroatoms. The van der Waals surface area contributed by atoms with E-state index in [4.69, 9.17) is 0 Å². The molecule has 0 aromatic heterocycles. The van der Waals surface area contributed by atoms with Gasteiger partial charge in [0, 0.05) is 18.2 Å². The molecule has 0 spiro atoms. The van der Waals surface area contributed by atoms with Crippen molar-refractivity contribution in [2.75, 3.05) is 11.9 Å². The van der Waals surface area contributed by atoms with Crippen LogP contribution < -0.4 is 5.32 Å². The number of hydrogen-bond acceptors (Lipinski definition) is 3. The van der Waals surface area contributed by atoms with Crippen LogP contribution in [0.1, 0.15) is 11.1 Å². The molecule has 2 aromatic carbocycles. The van der Waals surface area contributed by atoms with E-state index in [1.165, 1.54) is 12.1 Å². The van der Waals surface area contributed by atoms with Crippen molar-refractivity contribution in [1.82, 2.24) is 0 Å². The monoisotopic (exact) mass is 274 g/mol. The van der Waals surface area contributed by atoms with Crippen molar-refractivity contribution in [2.45, 2.75) is 13.3 Å². The molecular formula is C15H15FN2O2. The quantitative estimate of drug-likeness (QED) is 0.668. The van der Waals surface area contributed by atoms with Crippen LogP contribution in [0.15, 0.2) is 42.5 Å². The molecule has 104 valence electrons. The number of benzene rings is 2. The lowest BCUT2D eigenvalue weighted by Gasteiger charge is -2.10. The minimum absolute atomic E-state index is 0.0968. The van der Waals surface area contributed by atoms with E-state index in [-0.39, 0.29) is 11.5 Å². The first-order valence-corrected chi connectivity index (χ1v) is 6.31. The van der Waals surface area contributed by atoms with Crippen molar-refractivity contribution in [3.63, 3.8) is 0 Å². The minimum Gasteiger partial charge on any atom is -0.382 e. The maximum Gasteiger partial charge on any atom is 0.272 e. The summed E-state index contributed by atoms with van der Waals surface area (Å²) in [6.45, 7) is 2.25. The first kappa shape index (κ1) is 14.0. The maximum absolute atomic E-state index is 13.6. The van der Waals surface area contributed by atoms with Gasteiger partial charge in [0.05, 0.1) is 10.6 Å². The van der Waals surface area contributed by atoms with Gasteiger partial charge >= 0.3 is 0 Å². The second-order valence-electron chi connectivity index (χ2n) is 4.49. The molecule has 0 amide bonds. The summed E-state index contributed by atoms with van der Waals surface area (Å²) in [5.41, 5.74) is 2.00. The number of anilines is 1. The minimum atomic E-state index is -0.399. The molecule has 0 saturated heterocycles. The zero-order chi connectivity index (χ0) is 14.5. The molecule has 0 atom stereocenters. The molecule has 2 rings (SSSR count). The number of aryl methyl sites for hydroxylation is 1. The Hall–Kier alpha value is -2.43. The third-order valence-corrected chi connectivity index (χ3v) is 3.11. The van der Waals surface area contributed by atoms with Crippen LogP contribution in [0.25, 0.3) is 0 Å². The normalized spacial score (nSPS) is 10.3. The summed E-state index contributed by atoms with van der Waals surface area (Å²) in [4.78, 5) is 10.5. The van der Waals surface area contributed by atoms with E-state index in [0.29, 0.717) is 24.2 Å². The SMILES string of the molecule is Cc1cccc(F)c1NCCc1ccccc1[N+](=O)[O-]. The number of para-hydroxylation sites is 2. The van der Waals surface area contributed by atoms with Crippen LogP contribution in [0, 0.1) is 22.9 Å². The lowest BCUT2D eigenvalue weighted by Crippen LogP contribution is -2.08. The highest BCUT2D eigenvalue weighted by atomic mass is 19.1. The number of nitrogens with zero attached hydrogens (tertiary/aromatic N) is 1. The average Bonchev–Trinajstić information content (AvgIpc) is 2.42. The Bertz CT molecular complexity index is 609. The lowest BCUT2D eigenvalue weighted by molar-refractivity contribution is -0.385. The molecule has 0 radical (unpaired) electrons. The Morgan fingerprint density at radius 1 is 1.20 bits per heavy atom. The van der Waals surface area contributed by atoms with Gasteiger partial charge in [-0.1, -0.05) is 30.3 Å². The van der Waals surface area contributed by atoms with Gasteiger partial charge in [-0.2, -0.15) is 0 Å². The average molecular weight is 274 g/mol. The highest BCUT2D eigenvalue weighted by molar-refractivity contribution is 5.52. The van der Waals surface area contributed by atoms with Crippen molar-refractivity contribution < 1.29 is 9.31 Å². The van der Waals surface area contributed by atoms with E-state index in [1.54, 1.807) is 24.3 Å². The molecule has 0 aliphatic heterocycles. The number of nitro groups is 1. The van der Waals surface area contributed by atoms with Gasteiger partial charge in [-0.15, -0.1) is 0 Å². The molecule has 4 nitrogen and oxygen atoms in total. The predicted molar refractivity (Wildman–Crippen MR) is 76.4 cm³/mol. The van der Waals surface area contributed by atoms with Crippen molar-refractivity contribution in [2.24, 2.45) is 0 Å². The number of halogens is 1. The summed E-state index contributed by atoms with van der Waals surface area (Å²) in [5, 5.41) is 13.9. The zero-order valence-corrected chi connectivity index (χ0v) is 11.1. The lowest BCUT2D eigenvalue weighted by atomic mass is 10.1. The third kappa shape index (κ3) is 3.12. The fourth-order valence-electron chi connectivity index (χ4n) is 2.08. The Labute approximate surface area is 116 Å². The van der Waals surface area contributed by atoms with Crippen molar-refractivity contribution in [3.8, 4) is 0 Å². The second kappa shape index (κ2) is 6.14. The molecule has 0 heterocycles. The van der Waals surface area contributed by atoms with Gasteiger partial charge in [0.2, 0.25) is 0 Å². The van der Waals surface area contributed by atoms with Gasteiger partial charge in [-0.25, -0.2) is 4.39 Å². The Morgan fingerprint density at radius 2 is 1.95 bits per heavy atom. The number of rotatable bonds is 5. The highest BCUT2D eigenvalue weighted by Gasteiger charge is 2.12. The van der Waals surface area contributed by atoms with Crippen LogP contribution in [0.2, 0.25) is 0 Å². The molecule has 0 saturated carbocycles. The van der Waals surface area contributed by atoms with Crippen molar-refractivity contribution >= 4 is 11.4 Å². The zero-order valence-electron chi connectivity index (χ0n) is 11.1. The smallest absolute Gasteiger partial charge is 0.272 e. The Morgan fingerprint density at radius 3 is 2.65 bits per heavy atom. The summed E-state index contributed by atoms with van der Waals surface area (Å²) < 4.78 is 13.6. The predicted octanol–water partition coefficient (Wildman–Crippen LogP) is 3.70. The van der Waals surface area contributed by atoms with E-state index >= 15 is 0 Å². The van der Waals surface area contributed by atoms with E-state index in [9.17, 15) is 14.5 Å². The van der Waals surface area contributed by atoms with Crippen LogP contribution >= 0.6 is 0 Å². The molecule has 0 aliphatic carbocycles. The summed E-state index contributed by atoms with van der Waals surface area (Å²) >= 11 is 0. The molecule has 0 aliphatic rings. The topological polar surface area (TPSA) is 55.2 Å². The van der Waals surface area contributed by atoms with Gasteiger partial charge in [0.25, 0.3) is 5.69 Å². The van der Waals surface area contributed by atoms with E-state index in [1.807, 2.05) is 13.0 Å². The Kier molecular flexibility index (Phi) is 4.30. The second-order valence-corrected chi connectivity index (χ2v) is 4.49. The number of hydrogen-bond donors (Lipinski definition) is 1. The summed E-state index contributed by atoms with van der Waals surface area (Å²) in [6, 6.07) is 11.4. The maximum atomic E-state index is 13.6. The standard InChI is InChI=1S/C15H15FN2O2/c1-11-5-4-7-13(16)15(11)17-10-9-12-6-2-3-8-14(12)18(19)20/h2-8,17H,9-10H2,1H3. The van der Waals surface area contributed by atoms with Gasteiger partial charge in [0.15, 0.2) is 0 Å². The first-order valence-electron chi connectivity index (χ1n) is 6.31. The molecular weight excluding hydrogens is 259 g/mol. The molecule has 1 N–H and O–H groups in total. The van der Waals surface area contributed by atoms with E-state index in [2.05, 4.69) is 5.32 Å². The fourth-order valence-corrected chi connectivity index (χ4v) is 2.08. The molecule has 0 bridgehead atoms. The van der Waals surface area contributed by atoms with Gasteiger partial charge in [-0.05, 0) is 25.0 Å². The van der Waals surface area contributed by atoms with E-state index < -0.39 is 4.92 Å². The molecule has 0 unspecified atom stereocenters. The van der Waals surface area contributed by atoms with Crippen LogP contribution in [-0.2, 0) is 6.42 Å².